The molecule has 0 aliphatic carbocycles. The molecule has 10 heteroatoms. The Labute approximate surface area is 184 Å². The van der Waals surface area contributed by atoms with Crippen LogP contribution in [0.3, 0.4) is 0 Å². The Balaban J connectivity index is 1.76. The van der Waals surface area contributed by atoms with E-state index in [1.807, 2.05) is 6.08 Å². The summed E-state index contributed by atoms with van der Waals surface area (Å²) in [5, 5.41) is 21.4. The number of hydrazone groups is 1. The molecule has 1 unspecified atom stereocenters. The molecule has 176 valence electrons. The van der Waals surface area contributed by atoms with Gasteiger partial charge in [-0.2, -0.15) is 13.2 Å². The Morgan fingerprint density at radius 1 is 1.16 bits per heavy atom. The number of hydrogen-bond acceptors (Lipinski definition) is 4. The maximum Gasteiger partial charge on any atom is 0.426 e. The van der Waals surface area contributed by atoms with Gasteiger partial charge < -0.3 is 15.1 Å². The van der Waals surface area contributed by atoms with Crippen LogP contribution in [-0.2, 0) is 10.4 Å². The predicted octanol–water partition coefficient (Wildman–Crippen LogP) is 2.94. The van der Waals surface area contributed by atoms with Crippen molar-refractivity contribution in [1.29, 1.82) is 0 Å². The van der Waals surface area contributed by atoms with Crippen molar-refractivity contribution in [3.8, 4) is 0 Å². The van der Waals surface area contributed by atoms with Gasteiger partial charge in [-0.05, 0) is 51.3 Å². The van der Waals surface area contributed by atoms with Crippen LogP contribution in [0.15, 0.2) is 30.0 Å². The quantitative estimate of drug-likeness (QED) is 0.538. The molecule has 3 rings (SSSR count). The summed E-state index contributed by atoms with van der Waals surface area (Å²) in [4.78, 5) is 13.3. The monoisotopic (exact) mass is 458 g/mol. The standard InChI is InChI=1S/C22H28F4N3O3/c1-20(2,31)15-5-6-18(16(23)13-15)29-17(9-10-27(29)4)14-7-11-28(12-8-14)19(30)21(3,32)22(24,25)26/h5-6,9,13-14,31-32H,4,7-8,10-12H2,1-3H3/q+1. The highest BCUT2D eigenvalue weighted by molar-refractivity contribution is 5.85. The predicted molar refractivity (Wildman–Crippen MR) is 110 cm³/mol. The van der Waals surface area contributed by atoms with Crippen LogP contribution < -0.4 is 5.01 Å². The van der Waals surface area contributed by atoms with Gasteiger partial charge in [0.15, 0.2) is 19.1 Å². The zero-order valence-corrected chi connectivity index (χ0v) is 18.3. The average Bonchev–Trinajstić information content (AvgIpc) is 3.07. The molecule has 1 atom stereocenters. The minimum absolute atomic E-state index is 0.0399. The number of anilines is 1. The Kier molecular flexibility index (Phi) is 6.16. The molecule has 0 bridgehead atoms. The van der Waals surface area contributed by atoms with Crippen LogP contribution in [0.1, 0.15) is 39.2 Å². The zero-order chi connectivity index (χ0) is 24.1. The Hall–Kier alpha value is -2.46. The lowest BCUT2D eigenvalue weighted by atomic mass is 9.91. The smallest absolute Gasteiger partial charge is 0.386 e. The number of carbonyl (C=O) groups is 1. The minimum atomic E-state index is -5.06. The van der Waals surface area contributed by atoms with E-state index >= 15 is 0 Å². The van der Waals surface area contributed by atoms with Gasteiger partial charge in [0.2, 0.25) is 5.60 Å². The van der Waals surface area contributed by atoms with E-state index in [1.54, 1.807) is 35.7 Å². The minimum Gasteiger partial charge on any atom is -0.386 e. The Morgan fingerprint density at radius 2 is 1.75 bits per heavy atom. The first-order valence-electron chi connectivity index (χ1n) is 10.3. The second-order valence-corrected chi connectivity index (χ2v) is 8.99. The van der Waals surface area contributed by atoms with E-state index in [2.05, 4.69) is 6.72 Å². The number of hydrazine groups is 1. The third-order valence-electron chi connectivity index (χ3n) is 6.09. The molecule has 2 heterocycles. The molecule has 0 spiro atoms. The number of aliphatic hydroxyl groups is 2. The molecule has 1 fully saturated rings. The molecule has 2 aliphatic rings. The summed E-state index contributed by atoms with van der Waals surface area (Å²) in [6.07, 6.45) is -2.46. The van der Waals surface area contributed by atoms with Crippen molar-refractivity contribution in [3.63, 3.8) is 0 Å². The van der Waals surface area contributed by atoms with Crippen molar-refractivity contribution in [2.24, 2.45) is 5.92 Å². The van der Waals surface area contributed by atoms with Crippen LogP contribution >= 0.6 is 0 Å². The number of halogens is 4. The second kappa shape index (κ2) is 8.15. The molecular weight excluding hydrogens is 430 g/mol. The Bertz CT molecular complexity index is 943. The molecule has 6 nitrogen and oxygen atoms in total. The number of piperidine rings is 1. The van der Waals surface area contributed by atoms with Gasteiger partial charge in [-0.1, -0.05) is 6.07 Å². The molecule has 1 aromatic carbocycles. The van der Waals surface area contributed by atoms with Crippen molar-refractivity contribution in [3.05, 3.63) is 41.4 Å². The normalized spacial score (nSPS) is 20.4. The van der Waals surface area contributed by atoms with E-state index in [0.29, 0.717) is 31.9 Å². The fourth-order valence-corrected chi connectivity index (χ4v) is 4.03. The summed E-state index contributed by atoms with van der Waals surface area (Å²) in [6.45, 7) is 8.00. The molecule has 2 aliphatic heterocycles. The van der Waals surface area contributed by atoms with Gasteiger partial charge in [0.05, 0.1) is 11.3 Å². The molecule has 0 aromatic heterocycles. The van der Waals surface area contributed by atoms with Crippen LogP contribution in [0.4, 0.5) is 23.2 Å². The lowest BCUT2D eigenvalue weighted by Gasteiger charge is -2.37. The lowest BCUT2D eigenvalue weighted by molar-refractivity contribution is -0.508. The van der Waals surface area contributed by atoms with Gasteiger partial charge >= 0.3 is 6.18 Å². The van der Waals surface area contributed by atoms with E-state index in [9.17, 15) is 32.6 Å². The Morgan fingerprint density at radius 3 is 2.25 bits per heavy atom. The third-order valence-corrected chi connectivity index (χ3v) is 6.09. The van der Waals surface area contributed by atoms with E-state index in [-0.39, 0.29) is 24.7 Å². The molecule has 0 radical (unpaired) electrons. The SMILES string of the molecule is C=[N+]1CC=C(C2CCN(C(=O)C(C)(O)C(F)(F)F)CC2)N1c1ccc(C(C)(C)O)cc1F. The van der Waals surface area contributed by atoms with E-state index in [1.165, 1.54) is 6.07 Å². The number of likely N-dealkylation sites (tertiary alicyclic amines) is 1. The fourth-order valence-electron chi connectivity index (χ4n) is 4.03. The van der Waals surface area contributed by atoms with Gasteiger partial charge in [-0.3, -0.25) is 4.79 Å². The molecule has 1 aromatic rings. The summed E-state index contributed by atoms with van der Waals surface area (Å²) in [5.41, 5.74) is -3.22. The fraction of sp³-hybridized carbons (Fsp3) is 0.545. The summed E-state index contributed by atoms with van der Waals surface area (Å²) < 4.78 is 55.5. The number of nitrogens with zero attached hydrogens (tertiary/aromatic N) is 3. The first kappa shape index (κ1) is 24.2. The van der Waals surface area contributed by atoms with Crippen molar-refractivity contribution in [2.45, 2.75) is 51.0 Å². The molecule has 2 N–H and O–H groups in total. The van der Waals surface area contributed by atoms with Crippen LogP contribution in [0.25, 0.3) is 0 Å². The summed E-state index contributed by atoms with van der Waals surface area (Å²) in [5.74, 6) is -2.04. The zero-order valence-electron chi connectivity index (χ0n) is 18.3. The van der Waals surface area contributed by atoms with Crippen molar-refractivity contribution in [1.82, 2.24) is 4.90 Å². The number of amides is 1. The molecule has 1 saturated heterocycles. The number of allylic oxidation sites excluding steroid dienone is 1. The average molecular weight is 458 g/mol. The number of rotatable bonds is 4. The topological polar surface area (TPSA) is 67.0 Å². The van der Waals surface area contributed by atoms with Crippen LogP contribution in [0, 0.1) is 11.7 Å². The lowest BCUT2D eigenvalue weighted by Crippen LogP contribution is -2.57. The highest BCUT2D eigenvalue weighted by Gasteiger charge is 2.57. The molecule has 0 saturated carbocycles. The van der Waals surface area contributed by atoms with E-state index < -0.39 is 29.1 Å². The maximum absolute atomic E-state index is 14.9. The van der Waals surface area contributed by atoms with E-state index in [4.69, 9.17) is 0 Å². The maximum atomic E-state index is 14.9. The first-order chi connectivity index (χ1) is 14.6. The second-order valence-electron chi connectivity index (χ2n) is 8.99. The van der Waals surface area contributed by atoms with Crippen LogP contribution in [-0.4, -0.2) is 63.8 Å². The largest absolute Gasteiger partial charge is 0.426 e. The van der Waals surface area contributed by atoms with Gasteiger partial charge in [-0.15, -0.1) is 9.69 Å². The molecular formula is C22H28F4N3O3+. The number of benzene rings is 1. The molecule has 1 amide bonds. The highest BCUT2D eigenvalue weighted by atomic mass is 19.4. The van der Waals surface area contributed by atoms with Crippen molar-refractivity contribution >= 4 is 18.3 Å². The van der Waals surface area contributed by atoms with Gasteiger partial charge in [0, 0.05) is 25.1 Å². The van der Waals surface area contributed by atoms with Crippen molar-refractivity contribution in [2.75, 3.05) is 24.6 Å². The molecule has 32 heavy (non-hydrogen) atoms. The number of hydrogen-bond donors (Lipinski definition) is 2. The number of carbonyl (C=O) groups excluding carboxylic acids is 1. The first-order valence-corrected chi connectivity index (χ1v) is 10.3. The summed E-state index contributed by atoms with van der Waals surface area (Å²) >= 11 is 0. The van der Waals surface area contributed by atoms with Gasteiger partial charge in [0.1, 0.15) is 5.69 Å². The van der Waals surface area contributed by atoms with Gasteiger partial charge in [0.25, 0.3) is 5.91 Å². The van der Waals surface area contributed by atoms with Crippen LogP contribution in [0.2, 0.25) is 0 Å². The van der Waals surface area contributed by atoms with E-state index in [0.717, 1.165) is 10.6 Å². The van der Waals surface area contributed by atoms with Gasteiger partial charge in [-0.25, -0.2) is 4.39 Å². The van der Waals surface area contributed by atoms with Crippen molar-refractivity contribution < 1.29 is 37.3 Å². The highest BCUT2D eigenvalue weighted by Crippen LogP contribution is 2.37. The third kappa shape index (κ3) is 4.38. The summed E-state index contributed by atoms with van der Waals surface area (Å²) in [6, 6.07) is 4.45. The van der Waals surface area contributed by atoms with Crippen LogP contribution in [0.5, 0.6) is 0 Å². The summed E-state index contributed by atoms with van der Waals surface area (Å²) in [7, 11) is 0. The number of alkyl halides is 3.